The zero-order valence-electron chi connectivity index (χ0n) is 24.4. The van der Waals surface area contributed by atoms with Crippen molar-refractivity contribution in [3.8, 4) is 0 Å². The Balaban J connectivity index is 0.000000461. The first-order valence-corrected chi connectivity index (χ1v) is 16.7. The van der Waals surface area contributed by atoms with E-state index < -0.39 is 20.2 Å². The highest BCUT2D eigenvalue weighted by atomic mass is 32.2. The first kappa shape index (κ1) is 33.9. The van der Waals surface area contributed by atoms with Crippen LogP contribution in [0.25, 0.3) is 10.8 Å². The highest BCUT2D eigenvalue weighted by molar-refractivity contribution is 7.85. The van der Waals surface area contributed by atoms with E-state index in [0.29, 0.717) is 42.5 Å². The van der Waals surface area contributed by atoms with Crippen molar-refractivity contribution in [1.29, 1.82) is 0 Å². The molecule has 0 bridgehead atoms. The maximum atomic E-state index is 12.9. The lowest BCUT2D eigenvalue weighted by atomic mass is 10.1. The molecule has 0 fully saturated rings. The number of hydrogen-bond donors (Lipinski definition) is 4. The van der Waals surface area contributed by atoms with Crippen LogP contribution >= 0.6 is 0 Å². The summed E-state index contributed by atoms with van der Waals surface area (Å²) in [4.78, 5) is 33.6. The second-order valence-corrected chi connectivity index (χ2v) is 12.8. The van der Waals surface area contributed by atoms with Gasteiger partial charge in [-0.2, -0.15) is 16.8 Å². The Morgan fingerprint density at radius 3 is 2.14 bits per heavy atom. The van der Waals surface area contributed by atoms with Crippen LogP contribution in [0.15, 0.2) is 79.0 Å². The molecule has 1 aliphatic heterocycles. The van der Waals surface area contributed by atoms with Gasteiger partial charge in [-0.15, -0.1) is 0 Å². The van der Waals surface area contributed by atoms with E-state index in [1.165, 1.54) is 0 Å². The highest BCUT2D eigenvalue weighted by Crippen LogP contribution is 2.39. The number of carbonyl (C=O) groups excluding carboxylic acids is 2. The van der Waals surface area contributed by atoms with Crippen LogP contribution in [0.1, 0.15) is 16.8 Å². The fourth-order valence-corrected chi connectivity index (χ4v) is 4.27. The van der Waals surface area contributed by atoms with Gasteiger partial charge in [0.15, 0.2) is 0 Å². The third-order valence-corrected chi connectivity index (χ3v) is 5.92. The first-order chi connectivity index (χ1) is 20.5. The van der Waals surface area contributed by atoms with Gasteiger partial charge in [0.05, 0.1) is 29.4 Å². The van der Waals surface area contributed by atoms with Crippen molar-refractivity contribution in [1.82, 2.24) is 4.98 Å². The van der Waals surface area contributed by atoms with Crippen LogP contribution in [0.2, 0.25) is 0 Å². The molecule has 0 aliphatic carbocycles. The Morgan fingerprint density at radius 1 is 0.909 bits per heavy atom. The molecule has 0 atom stereocenters. The molecule has 234 valence electrons. The minimum Gasteiger partial charge on any atom is -0.362 e. The molecule has 15 heteroatoms. The molecule has 3 aromatic carbocycles. The van der Waals surface area contributed by atoms with E-state index in [1.807, 2.05) is 73.6 Å². The van der Waals surface area contributed by atoms with Crippen molar-refractivity contribution in [2.75, 3.05) is 53.6 Å². The molecule has 0 unspecified atom stereocenters. The summed E-state index contributed by atoms with van der Waals surface area (Å²) >= 11 is 0. The summed E-state index contributed by atoms with van der Waals surface area (Å²) in [6.07, 6.45) is 3.48. The molecule has 4 N–H and O–H groups in total. The summed E-state index contributed by atoms with van der Waals surface area (Å²) < 4.78 is 51.7. The van der Waals surface area contributed by atoms with Crippen LogP contribution in [-0.2, 0) is 25.0 Å². The molecule has 44 heavy (non-hydrogen) atoms. The first-order valence-electron chi connectivity index (χ1n) is 13.0. The minimum atomic E-state index is -3.67. The Hall–Kier alpha value is -4.57. The Kier molecular flexibility index (Phi) is 11.0. The molecular formula is C29H33N5O8S2. The maximum Gasteiger partial charge on any atom is 0.261 e. The number of aromatic nitrogens is 1. The molecule has 0 saturated heterocycles. The van der Waals surface area contributed by atoms with E-state index in [1.54, 1.807) is 18.3 Å². The van der Waals surface area contributed by atoms with Crippen molar-refractivity contribution in [3.05, 3.63) is 84.6 Å². The van der Waals surface area contributed by atoms with Crippen LogP contribution in [-0.4, -0.2) is 75.9 Å². The quantitative estimate of drug-likeness (QED) is 0.235. The van der Waals surface area contributed by atoms with Gasteiger partial charge >= 0.3 is 0 Å². The summed E-state index contributed by atoms with van der Waals surface area (Å²) in [5.41, 5.74) is 3.92. The summed E-state index contributed by atoms with van der Waals surface area (Å²) in [7, 11) is -3.62. The lowest BCUT2D eigenvalue weighted by Gasteiger charge is -2.25. The van der Waals surface area contributed by atoms with Gasteiger partial charge in [0.1, 0.15) is 5.82 Å². The molecule has 0 saturated carbocycles. The van der Waals surface area contributed by atoms with Gasteiger partial charge in [-0.3, -0.25) is 18.7 Å². The van der Waals surface area contributed by atoms with E-state index in [4.69, 9.17) is 9.11 Å². The Bertz CT molecular complexity index is 1820. The van der Waals surface area contributed by atoms with Gasteiger partial charge in [0, 0.05) is 50.0 Å². The van der Waals surface area contributed by atoms with Gasteiger partial charge in [-0.1, -0.05) is 30.3 Å². The Labute approximate surface area is 256 Å². The van der Waals surface area contributed by atoms with Gasteiger partial charge < -0.3 is 20.4 Å². The third kappa shape index (κ3) is 10.3. The normalized spacial score (nSPS) is 12.8. The summed E-state index contributed by atoms with van der Waals surface area (Å²) in [5, 5.41) is 8.13. The van der Waals surface area contributed by atoms with E-state index >= 15 is 0 Å². The monoisotopic (exact) mass is 643 g/mol. The lowest BCUT2D eigenvalue weighted by Crippen LogP contribution is -2.20. The van der Waals surface area contributed by atoms with Crippen molar-refractivity contribution < 1.29 is 35.5 Å². The fourth-order valence-electron chi connectivity index (χ4n) is 4.27. The number of rotatable bonds is 4. The van der Waals surface area contributed by atoms with Crippen molar-refractivity contribution in [2.24, 2.45) is 0 Å². The van der Waals surface area contributed by atoms with Crippen molar-refractivity contribution in [2.45, 2.75) is 6.42 Å². The molecule has 5 rings (SSSR count). The standard InChI is InChI=1S/C27H25N5O2.2CH4O3S/c1-31(2)26-22(8-5-16-28-26)27(34)29-19-10-12-20(13-11-19)32-17-15-24(33)30-25-21-7-4-3-6-18(21)9-14-23(25)32;2*1-5(2,3)4/h3-14,16H,15,17H2,1-2H3,(H,29,34)(H,30,33);2*1H3,(H,2,3,4). The lowest BCUT2D eigenvalue weighted by molar-refractivity contribution is -0.115. The van der Waals surface area contributed by atoms with Crippen LogP contribution < -0.4 is 20.4 Å². The van der Waals surface area contributed by atoms with Crippen molar-refractivity contribution >= 4 is 71.4 Å². The number of fused-ring (bicyclic) bond motifs is 3. The van der Waals surface area contributed by atoms with Gasteiger partial charge in [0.2, 0.25) is 5.91 Å². The zero-order valence-corrected chi connectivity index (χ0v) is 26.1. The summed E-state index contributed by atoms with van der Waals surface area (Å²) in [5.74, 6) is 0.394. The van der Waals surface area contributed by atoms with E-state index in [-0.39, 0.29) is 11.8 Å². The minimum absolute atomic E-state index is 0.00264. The van der Waals surface area contributed by atoms with Crippen LogP contribution in [0.5, 0.6) is 0 Å². The van der Waals surface area contributed by atoms with Crippen LogP contribution in [0.3, 0.4) is 0 Å². The van der Waals surface area contributed by atoms with E-state index in [2.05, 4.69) is 26.6 Å². The smallest absolute Gasteiger partial charge is 0.261 e. The van der Waals surface area contributed by atoms with Gasteiger partial charge in [-0.05, 0) is 47.9 Å². The highest BCUT2D eigenvalue weighted by Gasteiger charge is 2.22. The topological polar surface area (TPSA) is 186 Å². The maximum absolute atomic E-state index is 12.9. The number of amides is 2. The Morgan fingerprint density at radius 2 is 1.52 bits per heavy atom. The second-order valence-electron chi connectivity index (χ2n) is 9.87. The average molecular weight is 644 g/mol. The molecule has 2 amide bonds. The van der Waals surface area contributed by atoms with Crippen molar-refractivity contribution in [3.63, 3.8) is 0 Å². The largest absolute Gasteiger partial charge is 0.362 e. The predicted octanol–water partition coefficient (Wildman–Crippen LogP) is 4.04. The third-order valence-electron chi connectivity index (χ3n) is 5.92. The number of carbonyl (C=O) groups is 2. The van der Waals surface area contributed by atoms with Crippen LogP contribution in [0, 0.1) is 0 Å². The number of anilines is 5. The number of nitrogens with one attached hydrogen (secondary N) is 2. The molecule has 0 spiro atoms. The zero-order chi connectivity index (χ0) is 32.7. The molecule has 4 aromatic rings. The number of hydrogen-bond acceptors (Lipinski definition) is 9. The summed E-state index contributed by atoms with van der Waals surface area (Å²) in [6.45, 7) is 0.560. The predicted molar refractivity (Wildman–Crippen MR) is 172 cm³/mol. The summed E-state index contributed by atoms with van der Waals surface area (Å²) in [6, 6.07) is 23.3. The van der Waals surface area contributed by atoms with Gasteiger partial charge in [0.25, 0.3) is 26.1 Å². The van der Waals surface area contributed by atoms with E-state index in [9.17, 15) is 26.4 Å². The molecule has 2 heterocycles. The fraction of sp³-hybridized carbons (Fsp3) is 0.207. The SMILES string of the molecule is CN(C)c1ncccc1C(=O)Nc1ccc(N2CCC(=O)Nc3c2ccc2ccccc32)cc1.CS(=O)(=O)O.CS(=O)(=O)O. The number of benzene rings is 3. The second kappa shape index (κ2) is 14.3. The van der Waals surface area contributed by atoms with E-state index in [0.717, 1.165) is 27.8 Å². The molecule has 1 aliphatic rings. The average Bonchev–Trinajstić information content (AvgIpc) is 3.10. The molecule has 1 aromatic heterocycles. The molecule has 0 radical (unpaired) electrons. The number of nitrogens with zero attached hydrogens (tertiary/aromatic N) is 3. The number of pyridine rings is 1. The molecular weight excluding hydrogens is 610 g/mol. The molecule has 13 nitrogen and oxygen atoms in total. The van der Waals surface area contributed by atoms with Gasteiger partial charge in [-0.25, -0.2) is 4.98 Å². The van der Waals surface area contributed by atoms with Crippen LogP contribution in [0.4, 0.5) is 28.6 Å².